The Kier molecular flexibility index (Phi) is 4.74. The van der Waals surface area contributed by atoms with E-state index in [1.54, 1.807) is 4.90 Å². The topological polar surface area (TPSA) is 85.2 Å². The summed E-state index contributed by atoms with van der Waals surface area (Å²) >= 11 is 0. The molecule has 1 unspecified atom stereocenters. The Balaban J connectivity index is 1.77. The fourth-order valence-electron chi connectivity index (χ4n) is 2.69. The van der Waals surface area contributed by atoms with Crippen molar-refractivity contribution in [3.05, 3.63) is 0 Å². The van der Waals surface area contributed by atoms with Crippen molar-refractivity contribution >= 4 is 11.8 Å². The first-order valence-electron chi connectivity index (χ1n) is 6.90. The van der Waals surface area contributed by atoms with Crippen LogP contribution in [0.5, 0.6) is 0 Å². The minimum absolute atomic E-state index is 0.0133. The third-order valence-corrected chi connectivity index (χ3v) is 3.85. The predicted octanol–water partition coefficient (Wildman–Crippen LogP) is -0.383. The van der Waals surface area contributed by atoms with E-state index in [9.17, 15) is 9.59 Å². The largest absolute Gasteiger partial charge is 0.347 e. The molecule has 2 heterocycles. The summed E-state index contributed by atoms with van der Waals surface area (Å²) in [6.07, 6.45) is 3.26. The van der Waals surface area contributed by atoms with E-state index in [-0.39, 0.29) is 30.3 Å². The van der Waals surface area contributed by atoms with Gasteiger partial charge in [-0.05, 0) is 38.8 Å². The Hall–Kier alpha value is -1.61. The van der Waals surface area contributed by atoms with Gasteiger partial charge in [-0.25, -0.2) is 0 Å². The number of amides is 2. The number of carbonyl (C=O) groups excluding carboxylic acids is 2. The van der Waals surface area contributed by atoms with Gasteiger partial charge in [0.2, 0.25) is 11.8 Å². The predicted molar refractivity (Wildman–Crippen MR) is 69.0 cm³/mol. The Morgan fingerprint density at radius 1 is 1.32 bits per heavy atom. The van der Waals surface area contributed by atoms with E-state index >= 15 is 0 Å². The maximum Gasteiger partial charge on any atom is 0.243 e. The van der Waals surface area contributed by atoms with Crippen LogP contribution >= 0.6 is 0 Å². The van der Waals surface area contributed by atoms with Crippen molar-refractivity contribution in [1.29, 1.82) is 5.26 Å². The van der Waals surface area contributed by atoms with Crippen LogP contribution in [0.1, 0.15) is 25.7 Å². The van der Waals surface area contributed by atoms with Crippen molar-refractivity contribution in [2.24, 2.45) is 5.92 Å². The van der Waals surface area contributed by atoms with Crippen LogP contribution in [-0.4, -0.2) is 48.9 Å². The van der Waals surface area contributed by atoms with Gasteiger partial charge in [0.25, 0.3) is 0 Å². The van der Waals surface area contributed by atoms with Gasteiger partial charge in [-0.15, -0.1) is 0 Å². The number of nitriles is 1. The molecule has 2 saturated heterocycles. The van der Waals surface area contributed by atoms with Gasteiger partial charge >= 0.3 is 0 Å². The number of piperidine rings is 1. The van der Waals surface area contributed by atoms with Crippen molar-refractivity contribution in [2.45, 2.75) is 31.7 Å². The summed E-state index contributed by atoms with van der Waals surface area (Å²) in [5.74, 6) is -0.173. The van der Waals surface area contributed by atoms with E-state index in [0.717, 1.165) is 38.8 Å². The van der Waals surface area contributed by atoms with E-state index in [4.69, 9.17) is 5.26 Å². The second-order valence-electron chi connectivity index (χ2n) is 5.12. The summed E-state index contributed by atoms with van der Waals surface area (Å²) in [6, 6.07) is 1.81. The second kappa shape index (κ2) is 6.53. The van der Waals surface area contributed by atoms with Crippen molar-refractivity contribution < 1.29 is 9.59 Å². The summed E-state index contributed by atoms with van der Waals surface area (Å²) in [5, 5.41) is 14.8. The molecule has 0 aromatic heterocycles. The second-order valence-corrected chi connectivity index (χ2v) is 5.12. The Bertz CT molecular complexity index is 385. The molecule has 0 aromatic carbocycles. The summed E-state index contributed by atoms with van der Waals surface area (Å²) in [6.45, 7) is 2.35. The molecule has 2 fully saturated rings. The molecule has 6 heteroatoms. The van der Waals surface area contributed by atoms with Gasteiger partial charge in [-0.1, -0.05) is 0 Å². The van der Waals surface area contributed by atoms with Crippen LogP contribution < -0.4 is 10.6 Å². The lowest BCUT2D eigenvalue weighted by Crippen LogP contribution is -2.45. The molecule has 0 saturated carbocycles. The molecule has 2 aliphatic rings. The van der Waals surface area contributed by atoms with Crippen LogP contribution in [0.25, 0.3) is 0 Å². The normalized spacial score (nSPS) is 23.9. The number of carbonyl (C=O) groups is 2. The Morgan fingerprint density at radius 3 is 2.74 bits per heavy atom. The fourth-order valence-corrected chi connectivity index (χ4v) is 2.69. The fraction of sp³-hybridized carbons (Fsp3) is 0.769. The van der Waals surface area contributed by atoms with Gasteiger partial charge < -0.3 is 15.5 Å². The van der Waals surface area contributed by atoms with Gasteiger partial charge in [-0.3, -0.25) is 9.59 Å². The lowest BCUT2D eigenvalue weighted by molar-refractivity contribution is -0.134. The molecular formula is C13H20N4O2. The maximum atomic E-state index is 11.9. The lowest BCUT2D eigenvalue weighted by atomic mass is 9.97. The van der Waals surface area contributed by atoms with Crippen LogP contribution in [0.2, 0.25) is 0 Å². The van der Waals surface area contributed by atoms with Gasteiger partial charge in [0.05, 0.1) is 12.6 Å². The van der Waals surface area contributed by atoms with E-state index in [1.807, 2.05) is 0 Å². The summed E-state index contributed by atoms with van der Waals surface area (Å²) in [7, 11) is 0. The van der Waals surface area contributed by atoms with E-state index < -0.39 is 0 Å². The lowest BCUT2D eigenvalue weighted by Gasteiger charge is -2.23. The molecule has 2 aliphatic heterocycles. The molecule has 0 spiro atoms. The number of nitrogens with one attached hydrogen (secondary N) is 2. The highest BCUT2D eigenvalue weighted by atomic mass is 16.2. The zero-order chi connectivity index (χ0) is 13.7. The molecule has 1 atom stereocenters. The van der Waals surface area contributed by atoms with Crippen molar-refractivity contribution in [3.8, 4) is 6.07 Å². The number of nitrogens with zero attached hydrogens (tertiary/aromatic N) is 2. The summed E-state index contributed by atoms with van der Waals surface area (Å²) < 4.78 is 0. The van der Waals surface area contributed by atoms with Crippen LogP contribution in [-0.2, 0) is 9.59 Å². The molecule has 0 bridgehead atoms. The van der Waals surface area contributed by atoms with Gasteiger partial charge in [-0.2, -0.15) is 5.26 Å². The highest BCUT2D eigenvalue weighted by Crippen LogP contribution is 2.16. The van der Waals surface area contributed by atoms with Crippen LogP contribution in [0.15, 0.2) is 0 Å². The summed E-state index contributed by atoms with van der Waals surface area (Å²) in [4.78, 5) is 25.4. The van der Waals surface area contributed by atoms with Gasteiger partial charge in [0.1, 0.15) is 6.04 Å². The zero-order valence-corrected chi connectivity index (χ0v) is 11.0. The molecular weight excluding hydrogens is 244 g/mol. The number of likely N-dealkylation sites (tertiary alicyclic amines) is 1. The molecule has 2 N–H and O–H groups in total. The van der Waals surface area contributed by atoms with Crippen LogP contribution in [0.3, 0.4) is 0 Å². The Morgan fingerprint density at radius 2 is 2.05 bits per heavy atom. The van der Waals surface area contributed by atoms with Crippen LogP contribution in [0, 0.1) is 17.2 Å². The molecule has 0 radical (unpaired) electrons. The monoisotopic (exact) mass is 264 g/mol. The van der Waals surface area contributed by atoms with Crippen molar-refractivity contribution in [1.82, 2.24) is 15.5 Å². The molecule has 104 valence electrons. The average molecular weight is 264 g/mol. The van der Waals surface area contributed by atoms with E-state index in [1.165, 1.54) is 0 Å². The first-order chi connectivity index (χ1) is 9.22. The molecule has 0 aromatic rings. The Labute approximate surface area is 113 Å². The number of hydrogen-bond donors (Lipinski definition) is 2. The zero-order valence-electron chi connectivity index (χ0n) is 11.0. The van der Waals surface area contributed by atoms with Gasteiger partial charge in [0, 0.05) is 12.5 Å². The molecule has 2 amide bonds. The average Bonchev–Trinajstić information content (AvgIpc) is 2.93. The van der Waals surface area contributed by atoms with Crippen molar-refractivity contribution in [2.75, 3.05) is 26.2 Å². The first-order valence-corrected chi connectivity index (χ1v) is 6.90. The number of rotatable bonds is 3. The SMILES string of the molecule is N#CC1CCCN1C(=O)CNC(=O)C1CCNCC1. The molecule has 19 heavy (non-hydrogen) atoms. The highest BCUT2D eigenvalue weighted by molar-refractivity contribution is 5.86. The number of hydrogen-bond acceptors (Lipinski definition) is 4. The quantitative estimate of drug-likeness (QED) is 0.727. The van der Waals surface area contributed by atoms with Gasteiger partial charge in [0.15, 0.2) is 0 Å². The maximum absolute atomic E-state index is 11.9. The first kappa shape index (κ1) is 13.8. The highest BCUT2D eigenvalue weighted by Gasteiger charge is 2.29. The minimum Gasteiger partial charge on any atom is -0.347 e. The molecule has 0 aliphatic carbocycles. The van der Waals surface area contributed by atoms with Crippen LogP contribution in [0.4, 0.5) is 0 Å². The van der Waals surface area contributed by atoms with E-state index in [0.29, 0.717) is 6.54 Å². The standard InChI is InChI=1S/C13H20N4O2/c14-8-11-2-1-7-17(11)12(18)9-16-13(19)10-3-5-15-6-4-10/h10-11,15H,1-7,9H2,(H,16,19). The van der Waals surface area contributed by atoms with Crippen molar-refractivity contribution in [3.63, 3.8) is 0 Å². The molecule has 2 rings (SSSR count). The third-order valence-electron chi connectivity index (χ3n) is 3.85. The molecule has 6 nitrogen and oxygen atoms in total. The minimum atomic E-state index is -0.316. The smallest absolute Gasteiger partial charge is 0.243 e. The summed E-state index contributed by atoms with van der Waals surface area (Å²) in [5.41, 5.74) is 0. The van der Waals surface area contributed by atoms with E-state index in [2.05, 4.69) is 16.7 Å². The third kappa shape index (κ3) is 3.44.